The van der Waals surface area contributed by atoms with E-state index >= 15 is 0 Å². The Morgan fingerprint density at radius 1 is 1.12 bits per heavy atom. The Labute approximate surface area is 191 Å². The van der Waals surface area contributed by atoms with E-state index in [1.54, 1.807) is 0 Å². The van der Waals surface area contributed by atoms with Crippen LogP contribution in [0.5, 0.6) is 5.75 Å². The number of imidazole rings is 1. The molecule has 33 heavy (non-hydrogen) atoms. The molecule has 9 heteroatoms. The fraction of sp³-hybridized carbons (Fsp3) is 0.292. The lowest BCUT2D eigenvalue weighted by atomic mass is 10.1. The lowest BCUT2D eigenvalue weighted by Crippen LogP contribution is -2.30. The van der Waals surface area contributed by atoms with Gasteiger partial charge in [-0.15, -0.1) is 0 Å². The maximum absolute atomic E-state index is 10.9. The summed E-state index contributed by atoms with van der Waals surface area (Å²) in [7, 11) is 0. The van der Waals surface area contributed by atoms with Crippen LogP contribution in [0.15, 0.2) is 48.5 Å². The number of urea groups is 1. The highest BCUT2D eigenvalue weighted by atomic mass is 16.5. The van der Waals surface area contributed by atoms with Gasteiger partial charge in [-0.1, -0.05) is 30.3 Å². The summed E-state index contributed by atoms with van der Waals surface area (Å²) >= 11 is 0. The first-order valence-electron chi connectivity index (χ1n) is 11.0. The number of ether oxygens (including phenoxy) is 1. The number of nitrogen functional groups attached to an aromatic ring is 1. The van der Waals surface area contributed by atoms with E-state index in [0.717, 1.165) is 40.6 Å². The minimum absolute atomic E-state index is 0.0186. The molecule has 0 aliphatic rings. The van der Waals surface area contributed by atoms with Gasteiger partial charge >= 0.3 is 6.03 Å². The molecule has 0 aliphatic carbocycles. The molecule has 0 fully saturated rings. The van der Waals surface area contributed by atoms with E-state index in [9.17, 15) is 9.90 Å². The molecule has 2 aromatic carbocycles. The van der Waals surface area contributed by atoms with Gasteiger partial charge in [-0.25, -0.2) is 14.8 Å². The molecule has 0 spiro atoms. The molecule has 0 saturated carbocycles. The van der Waals surface area contributed by atoms with Crippen LogP contribution >= 0.6 is 0 Å². The molecule has 0 unspecified atom stereocenters. The Balaban J connectivity index is 1.64. The van der Waals surface area contributed by atoms with Crippen molar-refractivity contribution in [1.82, 2.24) is 19.9 Å². The molecule has 0 bridgehead atoms. The molecule has 0 aliphatic heterocycles. The van der Waals surface area contributed by atoms with Crippen LogP contribution in [0.25, 0.3) is 21.9 Å². The predicted molar refractivity (Wildman–Crippen MR) is 128 cm³/mol. The number of anilines is 1. The molecule has 9 nitrogen and oxygen atoms in total. The molecular formula is C24H28N6O3. The number of nitrogens with zero attached hydrogens (tertiary/aromatic N) is 3. The molecule has 4 aromatic rings. The molecular weight excluding hydrogens is 420 g/mol. The average molecular weight is 449 g/mol. The number of primary amides is 1. The minimum atomic E-state index is -0.529. The number of rotatable bonds is 10. The number of hydrogen-bond acceptors (Lipinski definition) is 6. The zero-order chi connectivity index (χ0) is 23.2. The number of nitrogens with one attached hydrogen (secondary N) is 1. The number of aryl methyl sites for hydroxylation is 1. The number of carbonyl (C=O) groups excluding carboxylic acids is 1. The van der Waals surface area contributed by atoms with Crippen molar-refractivity contribution in [1.29, 1.82) is 0 Å². The maximum atomic E-state index is 10.9. The van der Waals surface area contributed by atoms with Crippen molar-refractivity contribution >= 4 is 33.8 Å². The summed E-state index contributed by atoms with van der Waals surface area (Å²) in [6, 6.07) is 15.2. The van der Waals surface area contributed by atoms with Crippen molar-refractivity contribution in [2.24, 2.45) is 5.73 Å². The van der Waals surface area contributed by atoms with Gasteiger partial charge in [0, 0.05) is 31.0 Å². The number of nitrogens with two attached hydrogens (primary N) is 2. The largest absolute Gasteiger partial charge is 0.489 e. The molecule has 2 heterocycles. The lowest BCUT2D eigenvalue weighted by Gasteiger charge is -2.12. The first-order chi connectivity index (χ1) is 16.1. The second-order valence-electron chi connectivity index (χ2n) is 7.80. The lowest BCUT2D eigenvalue weighted by molar-refractivity contribution is 0.248. The molecule has 2 amide bonds. The topological polar surface area (TPSA) is 141 Å². The van der Waals surface area contributed by atoms with E-state index in [2.05, 4.69) is 19.9 Å². The van der Waals surface area contributed by atoms with Gasteiger partial charge in [0.05, 0.1) is 17.6 Å². The Morgan fingerprint density at radius 2 is 1.94 bits per heavy atom. The number of aliphatic hydroxyl groups is 1. The van der Waals surface area contributed by atoms with Crippen molar-refractivity contribution in [3.05, 3.63) is 59.9 Å². The fourth-order valence-corrected chi connectivity index (χ4v) is 3.91. The van der Waals surface area contributed by atoms with Crippen molar-refractivity contribution in [3.63, 3.8) is 0 Å². The van der Waals surface area contributed by atoms with Crippen molar-refractivity contribution in [2.45, 2.75) is 32.4 Å². The van der Waals surface area contributed by atoms with E-state index in [1.165, 1.54) is 0 Å². The van der Waals surface area contributed by atoms with Gasteiger partial charge in [0.15, 0.2) is 5.82 Å². The number of unbranched alkanes of at least 4 members (excludes halogenated alkanes) is 1. The quantitative estimate of drug-likeness (QED) is 0.275. The molecule has 6 N–H and O–H groups in total. The second-order valence-corrected chi connectivity index (χ2v) is 7.80. The zero-order valence-corrected chi connectivity index (χ0v) is 18.3. The van der Waals surface area contributed by atoms with Crippen LogP contribution in [-0.4, -0.2) is 38.8 Å². The minimum Gasteiger partial charge on any atom is -0.489 e. The van der Waals surface area contributed by atoms with Crippen LogP contribution in [-0.2, 0) is 19.6 Å². The van der Waals surface area contributed by atoms with Gasteiger partial charge in [-0.05, 0) is 30.5 Å². The molecule has 0 saturated heterocycles. The Bertz CT molecular complexity index is 1260. The highest BCUT2D eigenvalue weighted by Gasteiger charge is 2.17. The van der Waals surface area contributed by atoms with Gasteiger partial charge in [-0.2, -0.15) is 0 Å². The van der Waals surface area contributed by atoms with Crippen LogP contribution in [0.2, 0.25) is 0 Å². The van der Waals surface area contributed by atoms with E-state index in [0.29, 0.717) is 43.2 Å². The molecule has 0 radical (unpaired) electrons. The van der Waals surface area contributed by atoms with Crippen LogP contribution in [0.3, 0.4) is 0 Å². The molecule has 4 rings (SSSR count). The monoisotopic (exact) mass is 448 g/mol. The number of aliphatic hydroxyl groups excluding tert-OH is 1. The van der Waals surface area contributed by atoms with Gasteiger partial charge in [0.25, 0.3) is 0 Å². The standard InChI is InChI=1S/C24H28N6O3/c25-23-21-22(30(20(29-21)10-13-31)12-5-4-11-27-24(26)32)18-9-8-17(14-19(18)28-23)33-15-16-6-2-1-3-7-16/h1-3,6-9,14,31H,4-5,10-13,15H2,(H2,25,28)(H3,26,27,32). The number of aromatic nitrogens is 3. The number of carbonyl (C=O) groups is 1. The van der Waals surface area contributed by atoms with E-state index in [-0.39, 0.29) is 6.61 Å². The summed E-state index contributed by atoms with van der Waals surface area (Å²) in [5, 5.41) is 13.1. The smallest absolute Gasteiger partial charge is 0.312 e. The molecule has 2 aromatic heterocycles. The summed E-state index contributed by atoms with van der Waals surface area (Å²) in [4.78, 5) is 20.1. The third kappa shape index (κ3) is 5.15. The highest BCUT2D eigenvalue weighted by Crippen LogP contribution is 2.31. The SMILES string of the molecule is NC(=O)NCCCCn1c(CCO)nc2c(N)nc3cc(OCc4ccccc4)ccc3c21. The highest BCUT2D eigenvalue weighted by molar-refractivity contribution is 6.06. The van der Waals surface area contributed by atoms with Crippen LogP contribution in [0, 0.1) is 0 Å². The Hall–Kier alpha value is -3.85. The normalized spacial score (nSPS) is 11.2. The van der Waals surface area contributed by atoms with Gasteiger partial charge < -0.3 is 31.2 Å². The predicted octanol–water partition coefficient (Wildman–Crippen LogP) is 2.73. The third-order valence-electron chi connectivity index (χ3n) is 5.45. The summed E-state index contributed by atoms with van der Waals surface area (Å²) < 4.78 is 8.04. The van der Waals surface area contributed by atoms with E-state index < -0.39 is 6.03 Å². The number of amides is 2. The summed E-state index contributed by atoms with van der Waals surface area (Å²) in [5.74, 6) is 1.79. The van der Waals surface area contributed by atoms with Crippen LogP contribution in [0.4, 0.5) is 10.6 Å². The summed E-state index contributed by atoms with van der Waals surface area (Å²) in [6.07, 6.45) is 1.97. The van der Waals surface area contributed by atoms with Gasteiger partial charge in [0.2, 0.25) is 0 Å². The van der Waals surface area contributed by atoms with Crippen LogP contribution < -0.4 is 21.5 Å². The van der Waals surface area contributed by atoms with Crippen molar-refractivity contribution in [3.8, 4) is 5.75 Å². The molecule has 0 atom stereocenters. The van der Waals surface area contributed by atoms with E-state index in [4.69, 9.17) is 16.2 Å². The number of hydrogen-bond donors (Lipinski definition) is 4. The number of pyridine rings is 1. The van der Waals surface area contributed by atoms with Gasteiger partial charge in [0.1, 0.15) is 23.7 Å². The second kappa shape index (κ2) is 10.2. The van der Waals surface area contributed by atoms with Crippen LogP contribution in [0.1, 0.15) is 24.2 Å². The zero-order valence-electron chi connectivity index (χ0n) is 18.3. The average Bonchev–Trinajstić information content (AvgIpc) is 3.17. The summed E-state index contributed by atoms with van der Waals surface area (Å²) in [5.41, 5.74) is 14.7. The third-order valence-corrected chi connectivity index (χ3v) is 5.45. The van der Waals surface area contributed by atoms with Gasteiger partial charge in [-0.3, -0.25) is 0 Å². The maximum Gasteiger partial charge on any atom is 0.312 e. The first-order valence-corrected chi connectivity index (χ1v) is 11.0. The summed E-state index contributed by atoms with van der Waals surface area (Å²) in [6.45, 7) is 1.61. The first kappa shape index (κ1) is 22.3. The van der Waals surface area contributed by atoms with Crippen molar-refractivity contribution < 1.29 is 14.6 Å². The number of fused-ring (bicyclic) bond motifs is 3. The van der Waals surface area contributed by atoms with Crippen molar-refractivity contribution in [2.75, 3.05) is 18.9 Å². The Morgan fingerprint density at radius 3 is 2.70 bits per heavy atom. The fourth-order valence-electron chi connectivity index (χ4n) is 3.91. The number of benzene rings is 2. The Kier molecular flexibility index (Phi) is 6.89. The van der Waals surface area contributed by atoms with E-state index in [1.807, 2.05) is 48.5 Å². The molecule has 172 valence electrons.